The van der Waals surface area contributed by atoms with Gasteiger partial charge in [-0.15, -0.1) is 0 Å². The lowest BCUT2D eigenvalue weighted by molar-refractivity contribution is -0.129. The van der Waals surface area contributed by atoms with E-state index >= 15 is 0 Å². The molecule has 0 unspecified atom stereocenters. The van der Waals surface area contributed by atoms with Gasteiger partial charge in [-0.25, -0.2) is 0 Å². The Morgan fingerprint density at radius 1 is 1.29 bits per heavy atom. The highest BCUT2D eigenvalue weighted by molar-refractivity contribution is 5.76. The fraction of sp³-hybridized carbons (Fsp3) is 0.368. The molecule has 5 heteroatoms. The van der Waals surface area contributed by atoms with Crippen molar-refractivity contribution in [2.45, 2.75) is 19.8 Å². The number of anilines is 1. The number of carbonyl (C=O) groups excluding carboxylic acids is 1. The minimum absolute atomic E-state index is 0.116. The first-order chi connectivity index (χ1) is 11.6. The SMILES string of the molecule is COc1ccc(C)cc1NCCC(=O)N(C)CCc1ccccn1. The van der Waals surface area contributed by atoms with Gasteiger partial charge in [0.25, 0.3) is 0 Å². The summed E-state index contributed by atoms with van der Waals surface area (Å²) in [6, 6.07) is 11.8. The Kier molecular flexibility index (Phi) is 6.61. The summed E-state index contributed by atoms with van der Waals surface area (Å²) in [5.74, 6) is 0.904. The van der Waals surface area contributed by atoms with E-state index < -0.39 is 0 Å². The van der Waals surface area contributed by atoms with Crippen molar-refractivity contribution in [3.63, 3.8) is 0 Å². The third-order valence-corrected chi connectivity index (χ3v) is 3.86. The van der Waals surface area contributed by atoms with Gasteiger partial charge in [-0.3, -0.25) is 9.78 Å². The second-order valence-corrected chi connectivity index (χ2v) is 5.77. The van der Waals surface area contributed by atoms with Gasteiger partial charge in [0.05, 0.1) is 12.8 Å². The minimum atomic E-state index is 0.116. The van der Waals surface area contributed by atoms with Gasteiger partial charge >= 0.3 is 0 Å². The molecule has 1 N–H and O–H groups in total. The Labute approximate surface area is 143 Å². The van der Waals surface area contributed by atoms with E-state index in [1.807, 2.05) is 50.4 Å². The number of nitrogens with zero attached hydrogens (tertiary/aromatic N) is 2. The van der Waals surface area contributed by atoms with E-state index in [0.717, 1.165) is 29.1 Å². The van der Waals surface area contributed by atoms with Crippen LogP contribution in [0.3, 0.4) is 0 Å². The molecule has 1 amide bonds. The van der Waals surface area contributed by atoms with Crippen molar-refractivity contribution in [3.05, 3.63) is 53.9 Å². The third kappa shape index (κ3) is 5.26. The number of hydrogen-bond donors (Lipinski definition) is 1. The summed E-state index contributed by atoms with van der Waals surface area (Å²) in [5.41, 5.74) is 3.07. The van der Waals surface area contributed by atoms with Crippen LogP contribution in [0.25, 0.3) is 0 Å². The largest absolute Gasteiger partial charge is 0.495 e. The van der Waals surface area contributed by atoms with Crippen molar-refractivity contribution in [3.8, 4) is 5.75 Å². The average Bonchev–Trinajstić information content (AvgIpc) is 2.60. The number of benzene rings is 1. The van der Waals surface area contributed by atoms with Crippen LogP contribution in [-0.2, 0) is 11.2 Å². The Hall–Kier alpha value is -2.56. The lowest BCUT2D eigenvalue weighted by Crippen LogP contribution is -2.30. The van der Waals surface area contributed by atoms with E-state index in [1.54, 1.807) is 18.2 Å². The van der Waals surface area contributed by atoms with Crippen LogP contribution in [0, 0.1) is 6.92 Å². The summed E-state index contributed by atoms with van der Waals surface area (Å²) in [7, 11) is 3.48. The fourth-order valence-electron chi connectivity index (χ4n) is 2.41. The number of likely N-dealkylation sites (N-methyl/N-ethyl adjacent to an activating group) is 1. The zero-order valence-corrected chi connectivity index (χ0v) is 14.6. The van der Waals surface area contributed by atoms with Gasteiger partial charge in [-0.2, -0.15) is 0 Å². The Bertz CT molecular complexity index is 659. The van der Waals surface area contributed by atoms with Gasteiger partial charge in [-0.05, 0) is 36.8 Å². The highest BCUT2D eigenvalue weighted by Gasteiger charge is 2.09. The van der Waals surface area contributed by atoms with Crippen molar-refractivity contribution in [2.24, 2.45) is 0 Å². The van der Waals surface area contributed by atoms with Gasteiger partial charge in [0.2, 0.25) is 5.91 Å². The van der Waals surface area contributed by atoms with Crippen LogP contribution in [0.2, 0.25) is 0 Å². The predicted octanol–water partition coefficient (Wildman–Crippen LogP) is 2.90. The maximum atomic E-state index is 12.2. The first kappa shape index (κ1) is 17.8. The summed E-state index contributed by atoms with van der Waals surface area (Å²) in [4.78, 5) is 18.2. The quantitative estimate of drug-likeness (QED) is 0.810. The van der Waals surface area contributed by atoms with E-state index in [0.29, 0.717) is 19.5 Å². The van der Waals surface area contributed by atoms with Crippen molar-refractivity contribution in [2.75, 3.05) is 32.6 Å². The molecule has 0 saturated heterocycles. The van der Waals surface area contributed by atoms with Gasteiger partial charge in [-0.1, -0.05) is 12.1 Å². The molecule has 1 aromatic heterocycles. The summed E-state index contributed by atoms with van der Waals surface area (Å²) < 4.78 is 5.33. The van der Waals surface area contributed by atoms with Crippen LogP contribution in [0.5, 0.6) is 5.75 Å². The molecule has 2 rings (SSSR count). The number of amides is 1. The maximum absolute atomic E-state index is 12.2. The van der Waals surface area contributed by atoms with E-state index in [4.69, 9.17) is 4.74 Å². The van der Waals surface area contributed by atoms with Crippen LogP contribution in [0.1, 0.15) is 17.7 Å². The van der Waals surface area contributed by atoms with E-state index in [2.05, 4.69) is 10.3 Å². The molecule has 0 fully saturated rings. The number of aryl methyl sites for hydroxylation is 1. The molecular formula is C19H25N3O2. The molecular weight excluding hydrogens is 302 g/mol. The maximum Gasteiger partial charge on any atom is 0.224 e. The van der Waals surface area contributed by atoms with Crippen LogP contribution in [0.15, 0.2) is 42.6 Å². The lowest BCUT2D eigenvalue weighted by atomic mass is 10.2. The molecule has 1 heterocycles. The smallest absolute Gasteiger partial charge is 0.224 e. The standard InChI is InChI=1S/C19H25N3O2/c1-15-7-8-18(24-3)17(14-15)21-12-9-19(23)22(2)13-10-16-6-4-5-11-20-16/h4-8,11,14,21H,9-10,12-13H2,1-3H3. The zero-order valence-electron chi connectivity index (χ0n) is 14.6. The molecule has 5 nitrogen and oxygen atoms in total. The number of nitrogens with one attached hydrogen (secondary N) is 1. The Balaban J connectivity index is 1.77. The predicted molar refractivity (Wildman–Crippen MR) is 96.4 cm³/mol. The first-order valence-electron chi connectivity index (χ1n) is 8.12. The van der Waals surface area contributed by atoms with Crippen molar-refractivity contribution in [1.29, 1.82) is 0 Å². The van der Waals surface area contributed by atoms with Crippen LogP contribution < -0.4 is 10.1 Å². The number of aromatic nitrogens is 1. The highest BCUT2D eigenvalue weighted by atomic mass is 16.5. The number of methoxy groups -OCH3 is 1. The molecule has 0 aliphatic carbocycles. The second-order valence-electron chi connectivity index (χ2n) is 5.77. The van der Waals surface area contributed by atoms with Crippen molar-refractivity contribution in [1.82, 2.24) is 9.88 Å². The normalized spacial score (nSPS) is 10.3. The first-order valence-corrected chi connectivity index (χ1v) is 8.12. The number of ether oxygens (including phenoxy) is 1. The molecule has 0 spiro atoms. The van der Waals surface area contributed by atoms with Crippen molar-refractivity contribution < 1.29 is 9.53 Å². The number of hydrogen-bond acceptors (Lipinski definition) is 4. The van der Waals surface area contributed by atoms with E-state index in [9.17, 15) is 4.79 Å². The molecule has 128 valence electrons. The van der Waals surface area contributed by atoms with Crippen molar-refractivity contribution >= 4 is 11.6 Å². The number of pyridine rings is 1. The number of rotatable bonds is 8. The summed E-state index contributed by atoms with van der Waals surface area (Å²) in [6.45, 7) is 3.28. The van der Waals surface area contributed by atoms with E-state index in [-0.39, 0.29) is 5.91 Å². The average molecular weight is 327 g/mol. The van der Waals surface area contributed by atoms with Crippen LogP contribution >= 0.6 is 0 Å². The molecule has 0 atom stereocenters. The Morgan fingerprint density at radius 2 is 2.12 bits per heavy atom. The van der Waals surface area contributed by atoms with Crippen LogP contribution in [-0.4, -0.2) is 43.0 Å². The van der Waals surface area contributed by atoms with Crippen LogP contribution in [0.4, 0.5) is 5.69 Å². The third-order valence-electron chi connectivity index (χ3n) is 3.86. The van der Waals surface area contributed by atoms with Gasteiger partial charge < -0.3 is 15.0 Å². The molecule has 1 aromatic carbocycles. The zero-order chi connectivity index (χ0) is 17.4. The molecule has 2 aromatic rings. The Morgan fingerprint density at radius 3 is 2.83 bits per heavy atom. The fourth-order valence-corrected chi connectivity index (χ4v) is 2.41. The molecule has 0 aliphatic rings. The van der Waals surface area contributed by atoms with E-state index in [1.165, 1.54) is 0 Å². The summed E-state index contributed by atoms with van der Waals surface area (Å²) in [6.07, 6.45) is 2.98. The molecule has 0 aliphatic heterocycles. The van der Waals surface area contributed by atoms with Gasteiger partial charge in [0.15, 0.2) is 0 Å². The molecule has 0 bridgehead atoms. The highest BCUT2D eigenvalue weighted by Crippen LogP contribution is 2.24. The second kappa shape index (κ2) is 8.91. The molecule has 24 heavy (non-hydrogen) atoms. The number of carbonyl (C=O) groups is 1. The molecule has 0 saturated carbocycles. The lowest BCUT2D eigenvalue weighted by Gasteiger charge is -2.18. The minimum Gasteiger partial charge on any atom is -0.495 e. The van der Waals surface area contributed by atoms with Gasteiger partial charge in [0, 0.05) is 44.9 Å². The summed E-state index contributed by atoms with van der Waals surface area (Å²) >= 11 is 0. The summed E-state index contributed by atoms with van der Waals surface area (Å²) in [5, 5.41) is 3.28. The molecule has 0 radical (unpaired) electrons. The topological polar surface area (TPSA) is 54.5 Å². The van der Waals surface area contributed by atoms with Gasteiger partial charge in [0.1, 0.15) is 5.75 Å². The monoisotopic (exact) mass is 327 g/mol.